The van der Waals surface area contributed by atoms with Crippen LogP contribution in [-0.4, -0.2) is 24.2 Å². The lowest BCUT2D eigenvalue weighted by atomic mass is 9.78. The first-order chi connectivity index (χ1) is 9.36. The van der Waals surface area contributed by atoms with Gasteiger partial charge in [-0.2, -0.15) is 0 Å². The average molecular weight is 276 g/mol. The molecule has 1 aromatic rings. The summed E-state index contributed by atoms with van der Waals surface area (Å²) >= 11 is 0. The molecule has 0 aliphatic carbocycles. The molecule has 2 rings (SSSR count). The Bertz CT molecular complexity index is 517. The molecule has 4 heteroatoms. The number of rotatable bonds is 3. The summed E-state index contributed by atoms with van der Waals surface area (Å²) in [5.41, 5.74) is 8.67. The van der Waals surface area contributed by atoms with Gasteiger partial charge in [0.15, 0.2) is 0 Å². The van der Waals surface area contributed by atoms with Gasteiger partial charge >= 0.3 is 5.97 Å². The van der Waals surface area contributed by atoms with E-state index in [4.69, 9.17) is 5.73 Å². The van der Waals surface area contributed by atoms with Crippen LogP contribution in [0.1, 0.15) is 49.0 Å². The van der Waals surface area contributed by atoms with Crippen molar-refractivity contribution in [1.82, 2.24) is 0 Å². The number of carboxylic acids is 1. The molecule has 1 fully saturated rings. The second-order valence-corrected chi connectivity index (χ2v) is 6.18. The Kier molecular flexibility index (Phi) is 3.93. The number of nitrogens with two attached hydrogens (primary N) is 1. The molecule has 0 spiro atoms. The topological polar surface area (TPSA) is 66.6 Å². The zero-order chi connectivity index (χ0) is 14.9. The Hall–Kier alpha value is -1.71. The normalized spacial score (nSPS) is 18.1. The molecule has 20 heavy (non-hydrogen) atoms. The highest BCUT2D eigenvalue weighted by molar-refractivity contribution is 5.95. The number of carboxylic acid groups (broad SMARTS) is 1. The van der Waals surface area contributed by atoms with Crippen molar-refractivity contribution in [3.63, 3.8) is 0 Å². The first kappa shape index (κ1) is 14.7. The van der Waals surface area contributed by atoms with Crippen molar-refractivity contribution in [2.24, 2.45) is 5.41 Å². The van der Waals surface area contributed by atoms with Gasteiger partial charge in [0.05, 0.1) is 5.56 Å². The monoisotopic (exact) mass is 276 g/mol. The lowest BCUT2D eigenvalue weighted by molar-refractivity contribution is 0.0698. The van der Waals surface area contributed by atoms with Gasteiger partial charge in [-0.25, -0.2) is 4.79 Å². The Morgan fingerprint density at radius 1 is 1.40 bits per heavy atom. The molecule has 3 N–H and O–H groups in total. The number of hydrogen-bond donors (Lipinski definition) is 2. The number of benzene rings is 1. The molecule has 4 nitrogen and oxygen atoms in total. The van der Waals surface area contributed by atoms with Crippen molar-refractivity contribution in [2.75, 3.05) is 23.7 Å². The summed E-state index contributed by atoms with van der Waals surface area (Å²) in [6, 6.07) is 3.70. The largest absolute Gasteiger partial charge is 0.478 e. The van der Waals surface area contributed by atoms with E-state index in [2.05, 4.69) is 18.7 Å². The van der Waals surface area contributed by atoms with Crippen molar-refractivity contribution >= 4 is 17.3 Å². The summed E-state index contributed by atoms with van der Waals surface area (Å²) in [5.74, 6) is -0.956. The molecular weight excluding hydrogens is 252 g/mol. The third-order valence-electron chi connectivity index (χ3n) is 4.79. The lowest BCUT2D eigenvalue weighted by Crippen LogP contribution is -2.38. The molecule has 1 aliphatic rings. The van der Waals surface area contributed by atoms with Gasteiger partial charge in [0.25, 0.3) is 0 Å². The fraction of sp³-hybridized carbons (Fsp3) is 0.562. The van der Waals surface area contributed by atoms with Gasteiger partial charge in [-0.3, -0.25) is 0 Å². The van der Waals surface area contributed by atoms with Crippen LogP contribution in [-0.2, 0) is 0 Å². The van der Waals surface area contributed by atoms with Crippen LogP contribution in [0.4, 0.5) is 11.4 Å². The molecule has 0 unspecified atom stereocenters. The first-order valence-electron chi connectivity index (χ1n) is 7.24. The van der Waals surface area contributed by atoms with Gasteiger partial charge in [0.1, 0.15) is 0 Å². The summed E-state index contributed by atoms with van der Waals surface area (Å²) in [6.07, 6.45) is 3.49. The Balaban J connectivity index is 2.25. The number of aryl methyl sites for hydroxylation is 1. The van der Waals surface area contributed by atoms with Gasteiger partial charge in [0, 0.05) is 24.5 Å². The highest BCUT2D eigenvalue weighted by Gasteiger charge is 2.28. The third kappa shape index (κ3) is 2.74. The molecule has 1 saturated heterocycles. The molecule has 0 aromatic heterocycles. The van der Waals surface area contributed by atoms with Crippen molar-refractivity contribution in [2.45, 2.75) is 40.0 Å². The SMILES string of the molecule is CCC1(C)CCN(c2cc(C)c(N)c(C(=O)O)c2)CC1. The molecular formula is C16H24N2O2. The van der Waals surface area contributed by atoms with E-state index in [1.807, 2.05) is 13.0 Å². The molecule has 1 heterocycles. The molecule has 0 amide bonds. The number of nitrogen functional groups attached to an aromatic ring is 1. The van der Waals surface area contributed by atoms with E-state index in [0.717, 1.165) is 37.2 Å². The summed E-state index contributed by atoms with van der Waals surface area (Å²) in [5, 5.41) is 9.24. The smallest absolute Gasteiger partial charge is 0.337 e. The van der Waals surface area contributed by atoms with Gasteiger partial charge in [-0.1, -0.05) is 20.3 Å². The number of hydrogen-bond acceptors (Lipinski definition) is 3. The standard InChI is InChI=1S/C16H24N2O2/c1-4-16(3)5-7-18(8-6-16)12-9-11(2)14(17)13(10-12)15(19)20/h9-10H,4-8,17H2,1-3H3,(H,19,20). The molecule has 0 atom stereocenters. The summed E-state index contributed by atoms with van der Waals surface area (Å²) in [6.45, 7) is 8.40. The molecule has 0 bridgehead atoms. The zero-order valence-electron chi connectivity index (χ0n) is 12.6. The van der Waals surface area contributed by atoms with Crippen LogP contribution < -0.4 is 10.6 Å². The second-order valence-electron chi connectivity index (χ2n) is 6.18. The molecule has 0 saturated carbocycles. The molecule has 110 valence electrons. The van der Waals surface area contributed by atoms with Crippen molar-refractivity contribution in [3.05, 3.63) is 23.3 Å². The predicted molar refractivity (Wildman–Crippen MR) is 82.4 cm³/mol. The van der Waals surface area contributed by atoms with E-state index in [9.17, 15) is 9.90 Å². The maximum Gasteiger partial charge on any atom is 0.337 e. The number of carbonyl (C=O) groups is 1. The third-order valence-corrected chi connectivity index (χ3v) is 4.79. The lowest BCUT2D eigenvalue weighted by Gasteiger charge is -2.40. The maximum absolute atomic E-state index is 11.3. The highest BCUT2D eigenvalue weighted by atomic mass is 16.4. The van der Waals surface area contributed by atoms with Gasteiger partial charge in [0.2, 0.25) is 0 Å². The van der Waals surface area contributed by atoms with E-state index in [1.165, 1.54) is 6.42 Å². The zero-order valence-corrected chi connectivity index (χ0v) is 12.6. The maximum atomic E-state index is 11.3. The van der Waals surface area contributed by atoms with Crippen molar-refractivity contribution in [1.29, 1.82) is 0 Å². The second kappa shape index (κ2) is 5.35. The number of aromatic carboxylic acids is 1. The van der Waals surface area contributed by atoms with Gasteiger partial charge < -0.3 is 15.7 Å². The van der Waals surface area contributed by atoms with Crippen LogP contribution in [0, 0.1) is 12.3 Å². The Morgan fingerprint density at radius 3 is 2.50 bits per heavy atom. The van der Waals surface area contributed by atoms with Crippen LogP contribution in [0.25, 0.3) is 0 Å². The fourth-order valence-electron chi connectivity index (χ4n) is 2.80. The summed E-state index contributed by atoms with van der Waals surface area (Å²) < 4.78 is 0. The quantitative estimate of drug-likeness (QED) is 0.831. The van der Waals surface area contributed by atoms with E-state index in [1.54, 1.807) is 6.07 Å². The van der Waals surface area contributed by atoms with Crippen LogP contribution >= 0.6 is 0 Å². The summed E-state index contributed by atoms with van der Waals surface area (Å²) in [4.78, 5) is 13.5. The van der Waals surface area contributed by atoms with Crippen LogP contribution in [0.3, 0.4) is 0 Å². The molecule has 0 radical (unpaired) electrons. The number of piperidine rings is 1. The first-order valence-corrected chi connectivity index (χ1v) is 7.24. The van der Waals surface area contributed by atoms with E-state index >= 15 is 0 Å². The number of nitrogens with zero attached hydrogens (tertiary/aromatic N) is 1. The minimum Gasteiger partial charge on any atom is -0.478 e. The van der Waals surface area contributed by atoms with Gasteiger partial charge in [-0.05, 0) is 42.9 Å². The van der Waals surface area contributed by atoms with Crippen LogP contribution in [0.15, 0.2) is 12.1 Å². The highest BCUT2D eigenvalue weighted by Crippen LogP contribution is 2.36. The van der Waals surface area contributed by atoms with E-state index in [0.29, 0.717) is 11.1 Å². The van der Waals surface area contributed by atoms with Crippen LogP contribution in [0.5, 0.6) is 0 Å². The van der Waals surface area contributed by atoms with E-state index < -0.39 is 5.97 Å². The Morgan fingerprint density at radius 2 is 2.00 bits per heavy atom. The Labute approximate surface area is 120 Å². The number of anilines is 2. The minimum atomic E-state index is -0.956. The molecule has 1 aromatic carbocycles. The van der Waals surface area contributed by atoms with Crippen LogP contribution in [0.2, 0.25) is 0 Å². The van der Waals surface area contributed by atoms with Crippen molar-refractivity contribution < 1.29 is 9.90 Å². The van der Waals surface area contributed by atoms with E-state index in [-0.39, 0.29) is 5.56 Å². The predicted octanol–water partition coefficient (Wildman–Crippen LogP) is 3.29. The van der Waals surface area contributed by atoms with Crippen molar-refractivity contribution in [3.8, 4) is 0 Å². The minimum absolute atomic E-state index is 0.212. The fourth-order valence-corrected chi connectivity index (χ4v) is 2.80. The van der Waals surface area contributed by atoms with Gasteiger partial charge in [-0.15, -0.1) is 0 Å². The average Bonchev–Trinajstić information content (AvgIpc) is 2.42. The molecule has 1 aliphatic heterocycles. The summed E-state index contributed by atoms with van der Waals surface area (Å²) in [7, 11) is 0.